The van der Waals surface area contributed by atoms with Crippen LogP contribution in [0, 0.1) is 0 Å². The van der Waals surface area contributed by atoms with Crippen LogP contribution in [-0.2, 0) is 10.3 Å². The number of rotatable bonds is 6. The quantitative estimate of drug-likeness (QED) is 0.292. The van der Waals surface area contributed by atoms with Crippen molar-refractivity contribution in [2.45, 2.75) is 19.4 Å². The molecule has 37 heavy (non-hydrogen) atoms. The summed E-state index contributed by atoms with van der Waals surface area (Å²) in [6.45, 7) is 3.96. The largest absolute Gasteiger partial charge is 0.465 e. The van der Waals surface area contributed by atoms with Crippen LogP contribution in [0.25, 0.3) is 27.9 Å². The molecule has 5 rings (SSSR count). The van der Waals surface area contributed by atoms with E-state index in [4.69, 9.17) is 4.74 Å². The van der Waals surface area contributed by atoms with Gasteiger partial charge in [0.2, 0.25) is 0 Å². The SMILES string of the molecule is COC(=O)c1c(-c2ccccc2)nn2ccc(-c3cccc(C(=O)NC(C)(C)c4ccccc4)c3)cc12. The van der Waals surface area contributed by atoms with Crippen LogP contribution in [0.5, 0.6) is 0 Å². The minimum Gasteiger partial charge on any atom is -0.465 e. The number of hydrogen-bond donors (Lipinski definition) is 1. The van der Waals surface area contributed by atoms with Crippen molar-refractivity contribution in [2.24, 2.45) is 0 Å². The minimum atomic E-state index is -0.534. The molecule has 0 spiro atoms. The molecule has 0 fully saturated rings. The van der Waals surface area contributed by atoms with E-state index < -0.39 is 11.5 Å². The lowest BCUT2D eigenvalue weighted by molar-refractivity contribution is 0.0603. The van der Waals surface area contributed by atoms with Gasteiger partial charge < -0.3 is 10.1 Å². The fourth-order valence-corrected chi connectivity index (χ4v) is 4.45. The van der Waals surface area contributed by atoms with Crippen molar-refractivity contribution in [1.82, 2.24) is 14.9 Å². The van der Waals surface area contributed by atoms with E-state index in [9.17, 15) is 9.59 Å². The van der Waals surface area contributed by atoms with Crippen molar-refractivity contribution < 1.29 is 14.3 Å². The number of fused-ring (bicyclic) bond motifs is 1. The van der Waals surface area contributed by atoms with Crippen molar-refractivity contribution in [3.05, 3.63) is 120 Å². The molecule has 0 aliphatic carbocycles. The molecule has 0 bridgehead atoms. The fourth-order valence-electron chi connectivity index (χ4n) is 4.45. The lowest BCUT2D eigenvalue weighted by Crippen LogP contribution is -2.40. The highest BCUT2D eigenvalue weighted by Gasteiger charge is 2.24. The second-order valence-electron chi connectivity index (χ2n) is 9.35. The zero-order chi connectivity index (χ0) is 26.0. The number of ether oxygens (including phenoxy) is 1. The zero-order valence-electron chi connectivity index (χ0n) is 20.9. The number of nitrogens with one attached hydrogen (secondary N) is 1. The summed E-state index contributed by atoms with van der Waals surface area (Å²) in [6.07, 6.45) is 1.81. The van der Waals surface area contributed by atoms with Gasteiger partial charge >= 0.3 is 5.97 Å². The molecule has 0 atom stereocenters. The third-order valence-corrected chi connectivity index (χ3v) is 6.45. The number of benzene rings is 3. The van der Waals surface area contributed by atoms with Gasteiger partial charge in [-0.05, 0) is 54.8 Å². The minimum absolute atomic E-state index is 0.164. The summed E-state index contributed by atoms with van der Waals surface area (Å²) in [5, 5.41) is 7.79. The van der Waals surface area contributed by atoms with Crippen molar-refractivity contribution in [1.29, 1.82) is 0 Å². The molecule has 0 saturated carbocycles. The maximum Gasteiger partial charge on any atom is 0.342 e. The maximum atomic E-state index is 13.2. The van der Waals surface area contributed by atoms with Gasteiger partial charge in [-0.1, -0.05) is 72.8 Å². The molecule has 1 N–H and O–H groups in total. The number of esters is 1. The first-order chi connectivity index (χ1) is 17.9. The third kappa shape index (κ3) is 4.74. The van der Waals surface area contributed by atoms with Gasteiger partial charge in [0.25, 0.3) is 5.91 Å². The van der Waals surface area contributed by atoms with Crippen LogP contribution in [0.1, 0.15) is 40.1 Å². The number of aromatic nitrogens is 2. The van der Waals surface area contributed by atoms with Crippen LogP contribution >= 0.6 is 0 Å². The maximum absolute atomic E-state index is 13.2. The fraction of sp³-hybridized carbons (Fsp3) is 0.129. The Labute approximate surface area is 215 Å². The zero-order valence-corrected chi connectivity index (χ0v) is 20.9. The Morgan fingerprint density at radius 3 is 2.16 bits per heavy atom. The van der Waals surface area contributed by atoms with Gasteiger partial charge in [0, 0.05) is 17.3 Å². The van der Waals surface area contributed by atoms with E-state index in [0.29, 0.717) is 22.3 Å². The van der Waals surface area contributed by atoms with E-state index in [1.807, 2.05) is 111 Å². The molecule has 6 heteroatoms. The van der Waals surface area contributed by atoms with Crippen molar-refractivity contribution in [2.75, 3.05) is 7.11 Å². The molecule has 5 aromatic rings. The van der Waals surface area contributed by atoms with Crippen LogP contribution in [0.3, 0.4) is 0 Å². The van der Waals surface area contributed by atoms with Crippen LogP contribution in [-0.4, -0.2) is 28.6 Å². The van der Waals surface area contributed by atoms with Gasteiger partial charge in [-0.2, -0.15) is 5.10 Å². The second-order valence-corrected chi connectivity index (χ2v) is 9.35. The molecule has 0 saturated heterocycles. The van der Waals surface area contributed by atoms with Gasteiger partial charge in [-0.15, -0.1) is 0 Å². The van der Waals surface area contributed by atoms with E-state index in [-0.39, 0.29) is 5.91 Å². The summed E-state index contributed by atoms with van der Waals surface area (Å²) in [5.74, 6) is -0.620. The summed E-state index contributed by atoms with van der Waals surface area (Å²) >= 11 is 0. The van der Waals surface area contributed by atoms with Crippen LogP contribution in [0.15, 0.2) is 103 Å². The van der Waals surface area contributed by atoms with Gasteiger partial charge in [0.15, 0.2) is 0 Å². The summed E-state index contributed by atoms with van der Waals surface area (Å²) in [6, 6.07) is 30.7. The molecule has 6 nitrogen and oxygen atoms in total. The first-order valence-electron chi connectivity index (χ1n) is 12.0. The highest BCUT2D eigenvalue weighted by atomic mass is 16.5. The Morgan fingerprint density at radius 1 is 0.811 bits per heavy atom. The van der Waals surface area contributed by atoms with Crippen LogP contribution < -0.4 is 5.32 Å². The lowest BCUT2D eigenvalue weighted by atomic mass is 9.93. The standard InChI is InChI=1S/C31H27N3O3/c1-31(2,25-15-8-5-9-16-25)32-29(35)24-14-10-13-22(19-24)23-17-18-34-26(20-23)27(30(36)37-3)28(33-34)21-11-6-4-7-12-21/h4-20H,1-3H3,(H,32,35). The molecule has 2 heterocycles. The van der Waals surface area contributed by atoms with E-state index in [1.54, 1.807) is 10.6 Å². The smallest absolute Gasteiger partial charge is 0.342 e. The normalized spacial score (nSPS) is 11.3. The Hall–Kier alpha value is -4.71. The molecular formula is C31H27N3O3. The number of carbonyl (C=O) groups excluding carboxylic acids is 2. The number of nitrogens with zero attached hydrogens (tertiary/aromatic N) is 2. The van der Waals surface area contributed by atoms with Crippen molar-refractivity contribution >= 4 is 17.4 Å². The van der Waals surface area contributed by atoms with E-state index in [1.165, 1.54) is 7.11 Å². The Balaban J connectivity index is 1.51. The molecule has 0 aliphatic rings. The predicted molar refractivity (Wildman–Crippen MR) is 144 cm³/mol. The van der Waals surface area contributed by atoms with Crippen LogP contribution in [0.2, 0.25) is 0 Å². The number of amides is 1. The number of carbonyl (C=O) groups is 2. The highest BCUT2D eigenvalue weighted by molar-refractivity contribution is 6.04. The third-order valence-electron chi connectivity index (χ3n) is 6.45. The van der Waals surface area contributed by atoms with E-state index >= 15 is 0 Å². The highest BCUT2D eigenvalue weighted by Crippen LogP contribution is 2.30. The monoisotopic (exact) mass is 489 g/mol. The van der Waals surface area contributed by atoms with E-state index in [2.05, 4.69) is 10.4 Å². The Bertz CT molecular complexity index is 1590. The topological polar surface area (TPSA) is 72.7 Å². The van der Waals surface area contributed by atoms with Gasteiger partial charge in [0.1, 0.15) is 11.3 Å². The van der Waals surface area contributed by atoms with E-state index in [0.717, 1.165) is 22.3 Å². The number of methoxy groups -OCH3 is 1. The Kier molecular flexibility index (Phi) is 6.32. The molecule has 2 aromatic heterocycles. The first-order valence-corrected chi connectivity index (χ1v) is 12.0. The van der Waals surface area contributed by atoms with Gasteiger partial charge in [-0.3, -0.25) is 4.79 Å². The number of hydrogen-bond acceptors (Lipinski definition) is 4. The summed E-state index contributed by atoms with van der Waals surface area (Å²) in [5.41, 5.74) is 5.16. The first kappa shape index (κ1) is 24.0. The molecule has 0 aliphatic heterocycles. The second kappa shape index (κ2) is 9.74. The van der Waals surface area contributed by atoms with Crippen molar-refractivity contribution in [3.8, 4) is 22.4 Å². The lowest BCUT2D eigenvalue weighted by Gasteiger charge is -2.27. The molecule has 3 aromatic carbocycles. The molecule has 0 radical (unpaired) electrons. The predicted octanol–water partition coefficient (Wildman–Crippen LogP) is 6.12. The van der Waals surface area contributed by atoms with Crippen LogP contribution in [0.4, 0.5) is 0 Å². The molecule has 0 unspecified atom stereocenters. The number of pyridine rings is 1. The summed E-state index contributed by atoms with van der Waals surface area (Å²) in [4.78, 5) is 26.0. The molecule has 184 valence electrons. The average Bonchev–Trinajstić information content (AvgIpc) is 3.32. The van der Waals surface area contributed by atoms with Gasteiger partial charge in [-0.25, -0.2) is 9.31 Å². The molecule has 1 amide bonds. The van der Waals surface area contributed by atoms with Crippen molar-refractivity contribution in [3.63, 3.8) is 0 Å². The van der Waals surface area contributed by atoms with Gasteiger partial charge in [0.05, 0.1) is 18.2 Å². The molecular weight excluding hydrogens is 462 g/mol. The average molecular weight is 490 g/mol. The Morgan fingerprint density at radius 2 is 1.46 bits per heavy atom. The summed E-state index contributed by atoms with van der Waals surface area (Å²) in [7, 11) is 1.36. The summed E-state index contributed by atoms with van der Waals surface area (Å²) < 4.78 is 6.78.